The van der Waals surface area contributed by atoms with Crippen LogP contribution in [0, 0.1) is 5.92 Å². The van der Waals surface area contributed by atoms with Crippen molar-refractivity contribution in [2.75, 3.05) is 19.6 Å². The van der Waals surface area contributed by atoms with Crippen LogP contribution in [0.25, 0.3) is 11.0 Å². The van der Waals surface area contributed by atoms with E-state index in [9.17, 15) is 8.42 Å². The molecule has 3 rings (SSSR count). The third-order valence-electron chi connectivity index (χ3n) is 3.53. The molecule has 1 aliphatic heterocycles. The Morgan fingerprint density at radius 3 is 3.05 bits per heavy atom. The van der Waals surface area contributed by atoms with Crippen LogP contribution < -0.4 is 10.0 Å². The van der Waals surface area contributed by atoms with Gasteiger partial charge < -0.3 is 9.84 Å². The van der Waals surface area contributed by atoms with Crippen molar-refractivity contribution in [1.29, 1.82) is 0 Å². The van der Waals surface area contributed by atoms with E-state index in [0.29, 0.717) is 23.7 Å². The average molecular weight is 295 g/mol. The highest BCUT2D eigenvalue weighted by Crippen LogP contribution is 2.19. The predicted octanol–water partition coefficient (Wildman–Crippen LogP) is 0.857. The summed E-state index contributed by atoms with van der Waals surface area (Å²) >= 11 is 0. The highest BCUT2D eigenvalue weighted by molar-refractivity contribution is 7.88. The highest BCUT2D eigenvalue weighted by Gasteiger charge is 2.20. The average Bonchev–Trinajstić information content (AvgIpc) is 3.07. The minimum Gasteiger partial charge on any atom is -0.356 e. The topological polar surface area (TPSA) is 84.2 Å². The Bertz CT molecular complexity index is 690. The number of nitrogens with zero attached hydrogens (tertiary/aromatic N) is 1. The molecule has 20 heavy (non-hydrogen) atoms. The predicted molar refractivity (Wildman–Crippen MR) is 75.6 cm³/mol. The summed E-state index contributed by atoms with van der Waals surface area (Å²) in [6, 6.07) is 7.26. The molecule has 0 bridgehead atoms. The molecule has 1 aliphatic rings. The summed E-state index contributed by atoms with van der Waals surface area (Å²) in [6.45, 7) is 2.31. The molecular weight excluding hydrogens is 278 g/mol. The highest BCUT2D eigenvalue weighted by atomic mass is 32.2. The Labute approximate surface area is 117 Å². The molecule has 108 valence electrons. The maximum Gasteiger partial charge on any atom is 0.217 e. The van der Waals surface area contributed by atoms with Crippen LogP contribution >= 0.6 is 0 Å². The van der Waals surface area contributed by atoms with Gasteiger partial charge in [-0.05, 0) is 37.6 Å². The fourth-order valence-electron chi connectivity index (χ4n) is 2.41. The SMILES string of the molecule is O=S(=O)(Cc1noc2ccccc12)NCC1CCNC1. The van der Waals surface area contributed by atoms with Crippen molar-refractivity contribution >= 4 is 21.0 Å². The number of rotatable bonds is 5. The fourth-order valence-corrected chi connectivity index (χ4v) is 3.57. The molecule has 0 radical (unpaired) electrons. The molecule has 1 aromatic carbocycles. The number of aromatic nitrogens is 1. The molecule has 0 spiro atoms. The Morgan fingerprint density at radius 2 is 2.25 bits per heavy atom. The van der Waals surface area contributed by atoms with Gasteiger partial charge >= 0.3 is 0 Å². The van der Waals surface area contributed by atoms with E-state index >= 15 is 0 Å². The van der Waals surface area contributed by atoms with E-state index in [2.05, 4.69) is 15.2 Å². The van der Waals surface area contributed by atoms with Crippen LogP contribution in [0.3, 0.4) is 0 Å². The van der Waals surface area contributed by atoms with Crippen molar-refractivity contribution < 1.29 is 12.9 Å². The first kappa shape index (κ1) is 13.5. The third-order valence-corrected chi connectivity index (χ3v) is 4.79. The number of hydrogen-bond acceptors (Lipinski definition) is 5. The monoisotopic (exact) mass is 295 g/mol. The zero-order valence-corrected chi connectivity index (χ0v) is 11.8. The minimum atomic E-state index is -3.38. The van der Waals surface area contributed by atoms with Gasteiger partial charge in [0.1, 0.15) is 11.4 Å². The van der Waals surface area contributed by atoms with E-state index in [4.69, 9.17) is 4.52 Å². The van der Waals surface area contributed by atoms with Crippen molar-refractivity contribution in [2.24, 2.45) is 5.92 Å². The normalized spacial score (nSPS) is 19.7. The molecule has 2 aromatic rings. The first-order chi connectivity index (χ1) is 9.64. The Morgan fingerprint density at radius 1 is 1.40 bits per heavy atom. The van der Waals surface area contributed by atoms with E-state index in [1.807, 2.05) is 18.2 Å². The van der Waals surface area contributed by atoms with E-state index in [-0.39, 0.29) is 5.75 Å². The van der Waals surface area contributed by atoms with E-state index in [0.717, 1.165) is 24.9 Å². The molecule has 0 saturated carbocycles. The van der Waals surface area contributed by atoms with Crippen molar-refractivity contribution in [1.82, 2.24) is 15.2 Å². The summed E-state index contributed by atoms with van der Waals surface area (Å²) in [5, 5.41) is 7.82. The van der Waals surface area contributed by atoms with Crippen LogP contribution in [0.2, 0.25) is 0 Å². The van der Waals surface area contributed by atoms with Crippen LogP contribution in [0.15, 0.2) is 28.8 Å². The van der Waals surface area contributed by atoms with Crippen LogP contribution in [0.1, 0.15) is 12.1 Å². The summed E-state index contributed by atoms with van der Waals surface area (Å²) < 4.78 is 31.9. The zero-order valence-electron chi connectivity index (χ0n) is 11.0. The van der Waals surface area contributed by atoms with Gasteiger partial charge in [0.05, 0.1) is 0 Å². The second-order valence-electron chi connectivity index (χ2n) is 5.09. The lowest BCUT2D eigenvalue weighted by atomic mass is 10.1. The molecule has 1 atom stereocenters. The van der Waals surface area contributed by atoms with Gasteiger partial charge in [0.25, 0.3) is 0 Å². The first-order valence-corrected chi connectivity index (χ1v) is 8.31. The van der Waals surface area contributed by atoms with E-state index in [1.165, 1.54) is 0 Å². The molecule has 7 heteroatoms. The minimum absolute atomic E-state index is 0.149. The molecule has 0 amide bonds. The number of sulfonamides is 1. The van der Waals surface area contributed by atoms with Crippen molar-refractivity contribution in [3.8, 4) is 0 Å². The third kappa shape index (κ3) is 3.00. The molecule has 2 heterocycles. The molecular formula is C13H17N3O3S. The fraction of sp³-hybridized carbons (Fsp3) is 0.462. The van der Waals surface area contributed by atoms with Crippen molar-refractivity contribution in [3.63, 3.8) is 0 Å². The lowest BCUT2D eigenvalue weighted by Gasteiger charge is -2.09. The summed E-state index contributed by atoms with van der Waals surface area (Å²) in [7, 11) is -3.38. The molecule has 2 N–H and O–H groups in total. The van der Waals surface area contributed by atoms with Gasteiger partial charge in [-0.3, -0.25) is 0 Å². The summed E-state index contributed by atoms with van der Waals surface area (Å²) in [4.78, 5) is 0. The Balaban J connectivity index is 1.69. The van der Waals surface area contributed by atoms with Crippen molar-refractivity contribution in [3.05, 3.63) is 30.0 Å². The maximum atomic E-state index is 12.1. The Hall–Kier alpha value is -1.44. The van der Waals surface area contributed by atoms with Gasteiger partial charge in [0, 0.05) is 11.9 Å². The second-order valence-corrected chi connectivity index (χ2v) is 6.90. The summed E-state index contributed by atoms with van der Waals surface area (Å²) in [5.74, 6) is 0.225. The molecule has 1 fully saturated rings. The number of benzene rings is 1. The quantitative estimate of drug-likeness (QED) is 0.854. The van der Waals surface area contributed by atoms with Crippen LogP contribution in [-0.4, -0.2) is 33.2 Å². The number of fused-ring (bicyclic) bond motifs is 1. The number of para-hydroxylation sites is 1. The Kier molecular flexibility index (Phi) is 3.73. The molecule has 0 aliphatic carbocycles. The lowest BCUT2D eigenvalue weighted by molar-refractivity contribution is 0.448. The van der Waals surface area contributed by atoms with Crippen LogP contribution in [0.4, 0.5) is 0 Å². The van der Waals surface area contributed by atoms with Crippen LogP contribution in [0.5, 0.6) is 0 Å². The molecule has 1 aromatic heterocycles. The van der Waals surface area contributed by atoms with Gasteiger partial charge in [-0.15, -0.1) is 0 Å². The van der Waals surface area contributed by atoms with Gasteiger partial charge in [0.15, 0.2) is 5.58 Å². The largest absolute Gasteiger partial charge is 0.356 e. The second kappa shape index (κ2) is 5.51. The van der Waals surface area contributed by atoms with E-state index in [1.54, 1.807) is 6.07 Å². The van der Waals surface area contributed by atoms with Gasteiger partial charge in [-0.25, -0.2) is 13.1 Å². The zero-order chi connectivity index (χ0) is 14.0. The molecule has 1 unspecified atom stereocenters. The molecule has 6 nitrogen and oxygen atoms in total. The maximum absolute atomic E-state index is 12.1. The number of hydrogen-bond donors (Lipinski definition) is 2. The number of nitrogens with one attached hydrogen (secondary N) is 2. The molecule has 1 saturated heterocycles. The summed E-state index contributed by atoms with van der Waals surface area (Å²) in [6.07, 6.45) is 1.01. The van der Waals surface area contributed by atoms with Gasteiger partial charge in [-0.2, -0.15) is 0 Å². The standard InChI is InChI=1S/C13H17N3O3S/c17-20(18,15-8-10-5-6-14-7-10)9-12-11-3-1-2-4-13(11)19-16-12/h1-4,10,14-15H,5-9H2. The summed E-state index contributed by atoms with van der Waals surface area (Å²) in [5.41, 5.74) is 1.07. The first-order valence-electron chi connectivity index (χ1n) is 6.65. The smallest absolute Gasteiger partial charge is 0.217 e. The van der Waals surface area contributed by atoms with Gasteiger partial charge in [-0.1, -0.05) is 17.3 Å². The van der Waals surface area contributed by atoms with Crippen LogP contribution in [-0.2, 0) is 15.8 Å². The van der Waals surface area contributed by atoms with Gasteiger partial charge in [0.2, 0.25) is 10.0 Å². The lowest BCUT2D eigenvalue weighted by Crippen LogP contribution is -2.31. The van der Waals surface area contributed by atoms with E-state index < -0.39 is 10.0 Å². The van der Waals surface area contributed by atoms with Crippen molar-refractivity contribution in [2.45, 2.75) is 12.2 Å².